The van der Waals surface area contributed by atoms with Crippen LogP contribution in [-0.4, -0.2) is 73.5 Å². The Hall–Kier alpha value is -3.04. The molecular weight excluding hydrogens is 460 g/mol. The summed E-state index contributed by atoms with van der Waals surface area (Å²) in [6.45, 7) is 4.07. The van der Waals surface area contributed by atoms with Gasteiger partial charge < -0.3 is 29.3 Å². The summed E-state index contributed by atoms with van der Waals surface area (Å²) in [6, 6.07) is 9.07. The van der Waals surface area contributed by atoms with Crippen LogP contribution in [-0.2, 0) is 16.0 Å². The van der Waals surface area contributed by atoms with Gasteiger partial charge in [-0.05, 0) is 17.7 Å². The second-order valence-electron chi connectivity index (χ2n) is 8.63. The average Bonchev–Trinajstić information content (AvgIpc) is 3.24. The van der Waals surface area contributed by atoms with E-state index in [4.69, 9.17) is 25.8 Å². The van der Waals surface area contributed by atoms with Gasteiger partial charge in [-0.1, -0.05) is 23.7 Å². The van der Waals surface area contributed by atoms with Crippen molar-refractivity contribution in [1.29, 1.82) is 0 Å². The number of nitrogens with one attached hydrogen (secondary N) is 1. The van der Waals surface area contributed by atoms with E-state index in [1.165, 1.54) is 0 Å². The lowest BCUT2D eigenvalue weighted by Crippen LogP contribution is -2.44. The van der Waals surface area contributed by atoms with Gasteiger partial charge in [0.25, 0.3) is 5.91 Å². The molecule has 1 aromatic heterocycles. The first-order valence-corrected chi connectivity index (χ1v) is 11.9. The lowest BCUT2D eigenvalue weighted by atomic mass is 10.0. The normalized spacial score (nSPS) is 22.2. The zero-order valence-corrected chi connectivity index (χ0v) is 19.5. The molecule has 0 aliphatic carbocycles. The Morgan fingerprint density at radius 2 is 2.00 bits per heavy atom. The van der Waals surface area contributed by atoms with Gasteiger partial charge in [-0.3, -0.25) is 4.79 Å². The van der Waals surface area contributed by atoms with Crippen LogP contribution in [0.1, 0.15) is 28.9 Å². The fourth-order valence-corrected chi connectivity index (χ4v) is 4.64. The highest BCUT2D eigenvalue weighted by molar-refractivity contribution is 6.30. The van der Waals surface area contributed by atoms with E-state index < -0.39 is 0 Å². The minimum absolute atomic E-state index is 0.0297. The summed E-state index contributed by atoms with van der Waals surface area (Å²) in [5.41, 5.74) is 2.08. The maximum absolute atomic E-state index is 12.9. The maximum atomic E-state index is 12.9. The van der Waals surface area contributed by atoms with E-state index in [2.05, 4.69) is 15.2 Å². The first kappa shape index (κ1) is 22.7. The molecular formula is C24H27ClN4O5. The first-order chi connectivity index (χ1) is 16.6. The summed E-state index contributed by atoms with van der Waals surface area (Å²) >= 11 is 5.93. The number of benzene rings is 1. The highest BCUT2D eigenvalue weighted by Gasteiger charge is 2.39. The molecule has 3 aliphatic rings. The molecule has 2 amide bonds. The van der Waals surface area contributed by atoms with Gasteiger partial charge in [0, 0.05) is 50.1 Å². The minimum Gasteiger partial charge on any atom is -0.488 e. The topological polar surface area (TPSA) is 93.2 Å². The number of pyridine rings is 1. The van der Waals surface area contributed by atoms with Crippen molar-refractivity contribution in [3.63, 3.8) is 0 Å². The number of ether oxygens (including phenoxy) is 3. The molecule has 0 radical (unpaired) electrons. The second kappa shape index (κ2) is 10.1. The van der Waals surface area contributed by atoms with Gasteiger partial charge in [-0.25, -0.2) is 9.78 Å². The van der Waals surface area contributed by atoms with E-state index >= 15 is 0 Å². The number of piperidine rings is 1. The Bertz CT molecular complexity index is 1040. The van der Waals surface area contributed by atoms with Crippen LogP contribution in [0.2, 0.25) is 5.02 Å². The van der Waals surface area contributed by atoms with Crippen molar-refractivity contribution in [2.75, 3.05) is 44.4 Å². The maximum Gasteiger partial charge on any atom is 0.410 e. The van der Waals surface area contributed by atoms with Gasteiger partial charge >= 0.3 is 6.09 Å². The zero-order valence-electron chi connectivity index (χ0n) is 18.7. The van der Waals surface area contributed by atoms with Gasteiger partial charge in [0.2, 0.25) is 0 Å². The van der Waals surface area contributed by atoms with E-state index in [0.29, 0.717) is 56.5 Å². The summed E-state index contributed by atoms with van der Waals surface area (Å²) < 4.78 is 17.1. The van der Waals surface area contributed by atoms with Crippen LogP contribution >= 0.6 is 11.6 Å². The molecule has 1 N–H and O–H groups in total. The van der Waals surface area contributed by atoms with Crippen LogP contribution in [0, 0.1) is 0 Å². The largest absolute Gasteiger partial charge is 0.488 e. The van der Waals surface area contributed by atoms with Crippen LogP contribution in [0.15, 0.2) is 36.5 Å². The Kier molecular flexibility index (Phi) is 6.73. The van der Waals surface area contributed by atoms with Crippen molar-refractivity contribution in [3.05, 3.63) is 52.8 Å². The fourth-order valence-electron chi connectivity index (χ4n) is 4.51. The van der Waals surface area contributed by atoms with Crippen molar-refractivity contribution in [1.82, 2.24) is 15.2 Å². The highest BCUT2D eigenvalue weighted by Crippen LogP contribution is 2.33. The van der Waals surface area contributed by atoms with Gasteiger partial charge in [0.15, 0.2) is 0 Å². The molecule has 0 bridgehead atoms. The van der Waals surface area contributed by atoms with Crippen molar-refractivity contribution >= 4 is 29.3 Å². The number of aromatic nitrogens is 1. The third-order valence-electron chi connectivity index (χ3n) is 6.39. The van der Waals surface area contributed by atoms with E-state index in [0.717, 1.165) is 24.3 Å². The summed E-state index contributed by atoms with van der Waals surface area (Å²) in [5, 5.41) is 3.55. The van der Waals surface area contributed by atoms with Crippen LogP contribution < -0.4 is 15.0 Å². The van der Waals surface area contributed by atoms with Crippen LogP contribution in [0.25, 0.3) is 0 Å². The number of halogens is 1. The van der Waals surface area contributed by atoms with E-state index in [-0.39, 0.29) is 29.8 Å². The number of rotatable bonds is 6. The molecule has 3 saturated heterocycles. The van der Waals surface area contributed by atoms with Crippen LogP contribution in [0.3, 0.4) is 0 Å². The Balaban J connectivity index is 1.32. The van der Waals surface area contributed by atoms with Gasteiger partial charge in [-0.2, -0.15) is 0 Å². The van der Waals surface area contributed by atoms with Gasteiger partial charge in [0.05, 0.1) is 31.1 Å². The van der Waals surface area contributed by atoms with Crippen molar-refractivity contribution in [2.45, 2.75) is 31.5 Å². The Labute approximate surface area is 202 Å². The average molecular weight is 487 g/mol. The number of carbonyl (C=O) groups is 2. The molecule has 5 rings (SSSR count). The molecule has 2 atom stereocenters. The molecule has 4 heterocycles. The fraction of sp³-hybridized carbons (Fsp3) is 0.458. The number of nitrogens with zero attached hydrogens (tertiary/aromatic N) is 3. The molecule has 9 nitrogen and oxygen atoms in total. The van der Waals surface area contributed by atoms with E-state index in [9.17, 15) is 9.59 Å². The molecule has 10 heteroatoms. The zero-order chi connectivity index (χ0) is 23.5. The SMILES string of the molecule is O=C(NCc1ccc(Cl)cc1)c1cc(O[C@H]2CCN3C(=O)OC[C@@H]3C2)c(N2CCOCC2)cn1. The molecule has 3 fully saturated rings. The van der Waals surface area contributed by atoms with Crippen LogP contribution in [0.5, 0.6) is 5.75 Å². The summed E-state index contributed by atoms with van der Waals surface area (Å²) in [5.74, 6) is 0.343. The first-order valence-electron chi connectivity index (χ1n) is 11.5. The van der Waals surface area contributed by atoms with Gasteiger partial charge in [0.1, 0.15) is 24.2 Å². The summed E-state index contributed by atoms with van der Waals surface area (Å²) in [6.07, 6.45) is 2.77. The monoisotopic (exact) mass is 486 g/mol. The molecule has 1 aromatic carbocycles. The predicted octanol–water partition coefficient (Wildman–Crippen LogP) is 2.86. The number of cyclic esters (lactones) is 1. The van der Waals surface area contributed by atoms with Crippen LogP contribution in [0.4, 0.5) is 10.5 Å². The molecule has 0 spiro atoms. The predicted molar refractivity (Wildman–Crippen MR) is 125 cm³/mol. The number of anilines is 1. The van der Waals surface area contributed by atoms with Gasteiger partial charge in [-0.15, -0.1) is 0 Å². The highest BCUT2D eigenvalue weighted by atomic mass is 35.5. The quantitative estimate of drug-likeness (QED) is 0.671. The molecule has 0 saturated carbocycles. The third kappa shape index (κ3) is 5.05. The Morgan fingerprint density at radius 3 is 2.79 bits per heavy atom. The molecule has 34 heavy (non-hydrogen) atoms. The number of morpholine rings is 1. The van der Waals surface area contributed by atoms with Crippen molar-refractivity contribution in [2.24, 2.45) is 0 Å². The summed E-state index contributed by atoms with van der Waals surface area (Å²) in [7, 11) is 0. The molecule has 180 valence electrons. The molecule has 2 aromatic rings. The lowest BCUT2D eigenvalue weighted by molar-refractivity contribution is 0.0908. The number of fused-ring (bicyclic) bond motifs is 1. The number of amides is 2. The van der Waals surface area contributed by atoms with E-state index in [1.807, 2.05) is 12.1 Å². The number of hydrogen-bond acceptors (Lipinski definition) is 7. The number of carbonyl (C=O) groups excluding carboxylic acids is 2. The Morgan fingerprint density at radius 1 is 1.21 bits per heavy atom. The minimum atomic E-state index is -0.280. The lowest BCUT2D eigenvalue weighted by Gasteiger charge is -2.34. The smallest absolute Gasteiger partial charge is 0.410 e. The molecule has 3 aliphatic heterocycles. The molecule has 0 unspecified atom stereocenters. The van der Waals surface area contributed by atoms with Crippen molar-refractivity contribution in [3.8, 4) is 5.75 Å². The summed E-state index contributed by atoms with van der Waals surface area (Å²) in [4.78, 5) is 33.0. The van der Waals surface area contributed by atoms with Crippen molar-refractivity contribution < 1.29 is 23.8 Å². The second-order valence-corrected chi connectivity index (χ2v) is 9.07. The number of hydrogen-bond donors (Lipinski definition) is 1. The van der Waals surface area contributed by atoms with E-state index in [1.54, 1.807) is 29.3 Å². The third-order valence-corrected chi connectivity index (χ3v) is 6.64. The standard InChI is InChI=1S/C24H27ClN4O5/c25-17-3-1-16(2-4-17)13-27-23(30)20-12-22(21(14-26-20)28-7-9-32-10-8-28)34-19-5-6-29-18(11-19)15-33-24(29)31/h1-4,12,14,18-19H,5-11,13,15H2,(H,27,30)/t18-,19-/m0/s1.